The Morgan fingerprint density at radius 3 is 1.69 bits per heavy atom. The lowest BCUT2D eigenvalue weighted by atomic mass is 9.84. The summed E-state index contributed by atoms with van der Waals surface area (Å²) in [6.07, 6.45) is 19.5. The van der Waals surface area contributed by atoms with Gasteiger partial charge in [-0.05, 0) is 38.0 Å². The van der Waals surface area contributed by atoms with E-state index < -0.39 is 0 Å². The van der Waals surface area contributed by atoms with Crippen LogP contribution in [0.5, 0.6) is 0 Å². The summed E-state index contributed by atoms with van der Waals surface area (Å²) in [4.78, 5) is 24.2. The SMILES string of the molecule is CCCCCCOC(=O)CCCCCCCCC(CC)C(CC)C(=O)OCCCCCC. The number of hydrogen-bond donors (Lipinski definition) is 0. The highest BCUT2D eigenvalue weighted by molar-refractivity contribution is 5.72. The van der Waals surface area contributed by atoms with Crippen LogP contribution in [0.4, 0.5) is 0 Å². The van der Waals surface area contributed by atoms with Gasteiger partial charge in [0.05, 0.1) is 19.1 Å². The first kappa shape index (κ1) is 30.9. The lowest BCUT2D eigenvalue weighted by Crippen LogP contribution is -2.25. The normalized spacial score (nSPS) is 13.0. The summed E-state index contributed by atoms with van der Waals surface area (Å²) in [6.45, 7) is 9.86. The van der Waals surface area contributed by atoms with E-state index in [1.807, 2.05) is 0 Å². The lowest BCUT2D eigenvalue weighted by molar-refractivity contribution is -0.151. The van der Waals surface area contributed by atoms with E-state index in [2.05, 4.69) is 27.7 Å². The Morgan fingerprint density at radius 2 is 1.12 bits per heavy atom. The predicted octanol–water partition coefficient (Wildman–Crippen LogP) is 8.41. The molecule has 2 atom stereocenters. The summed E-state index contributed by atoms with van der Waals surface area (Å²) < 4.78 is 10.9. The van der Waals surface area contributed by atoms with Gasteiger partial charge in [-0.25, -0.2) is 0 Å². The summed E-state index contributed by atoms with van der Waals surface area (Å²) in [5.74, 6) is 0.484. The Morgan fingerprint density at radius 1 is 0.594 bits per heavy atom. The topological polar surface area (TPSA) is 52.6 Å². The molecule has 0 heterocycles. The monoisotopic (exact) mass is 454 g/mol. The highest BCUT2D eigenvalue weighted by Gasteiger charge is 2.26. The third kappa shape index (κ3) is 17.5. The van der Waals surface area contributed by atoms with Crippen LogP contribution in [0.2, 0.25) is 0 Å². The molecule has 0 saturated carbocycles. The number of rotatable bonds is 23. The van der Waals surface area contributed by atoms with Crippen molar-refractivity contribution in [1.82, 2.24) is 0 Å². The smallest absolute Gasteiger partial charge is 0.309 e. The van der Waals surface area contributed by atoms with E-state index >= 15 is 0 Å². The van der Waals surface area contributed by atoms with Gasteiger partial charge in [0.25, 0.3) is 0 Å². The van der Waals surface area contributed by atoms with Gasteiger partial charge in [0.15, 0.2) is 0 Å². The Bertz CT molecular complexity index is 435. The van der Waals surface area contributed by atoms with Gasteiger partial charge in [0.1, 0.15) is 0 Å². The molecule has 32 heavy (non-hydrogen) atoms. The minimum atomic E-state index is -0.0323. The molecule has 4 nitrogen and oxygen atoms in total. The molecule has 2 unspecified atom stereocenters. The maximum absolute atomic E-state index is 12.5. The molecule has 0 bridgehead atoms. The first-order chi connectivity index (χ1) is 15.6. The lowest BCUT2D eigenvalue weighted by Gasteiger charge is -2.23. The van der Waals surface area contributed by atoms with Crippen molar-refractivity contribution in [1.29, 1.82) is 0 Å². The van der Waals surface area contributed by atoms with Crippen LogP contribution in [0.1, 0.15) is 143 Å². The van der Waals surface area contributed by atoms with Crippen LogP contribution in [-0.2, 0) is 19.1 Å². The molecule has 0 spiro atoms. The number of esters is 2. The average molecular weight is 455 g/mol. The van der Waals surface area contributed by atoms with Crippen LogP contribution in [0.15, 0.2) is 0 Å². The minimum absolute atomic E-state index is 0.0214. The standard InChI is InChI=1S/C28H54O4/c1-5-9-11-19-23-31-27(29)22-18-16-14-13-15-17-21-25(7-3)26(8-4)28(30)32-24-20-12-10-6-2/h25-26H,5-24H2,1-4H3. The van der Waals surface area contributed by atoms with E-state index in [1.54, 1.807) is 0 Å². The highest BCUT2D eigenvalue weighted by atomic mass is 16.5. The number of ether oxygens (including phenoxy) is 2. The molecule has 0 aromatic heterocycles. The van der Waals surface area contributed by atoms with Crippen LogP contribution in [0, 0.1) is 11.8 Å². The van der Waals surface area contributed by atoms with Crippen LogP contribution in [0.3, 0.4) is 0 Å². The van der Waals surface area contributed by atoms with Crippen molar-refractivity contribution in [3.05, 3.63) is 0 Å². The van der Waals surface area contributed by atoms with Crippen LogP contribution in [-0.4, -0.2) is 25.2 Å². The first-order valence-electron chi connectivity index (χ1n) is 13.9. The largest absolute Gasteiger partial charge is 0.466 e. The van der Waals surface area contributed by atoms with Gasteiger partial charge >= 0.3 is 11.9 Å². The highest BCUT2D eigenvalue weighted by Crippen LogP contribution is 2.27. The second-order valence-electron chi connectivity index (χ2n) is 9.35. The van der Waals surface area contributed by atoms with Gasteiger partial charge in [-0.2, -0.15) is 0 Å². The first-order valence-corrected chi connectivity index (χ1v) is 13.9. The molecule has 0 aliphatic rings. The van der Waals surface area contributed by atoms with Gasteiger partial charge in [-0.3, -0.25) is 9.59 Å². The van der Waals surface area contributed by atoms with Crippen molar-refractivity contribution in [3.63, 3.8) is 0 Å². The Hall–Kier alpha value is -1.06. The van der Waals surface area contributed by atoms with Crippen molar-refractivity contribution in [2.75, 3.05) is 13.2 Å². The van der Waals surface area contributed by atoms with E-state index in [9.17, 15) is 9.59 Å². The molecule has 0 fully saturated rings. The van der Waals surface area contributed by atoms with Crippen molar-refractivity contribution in [2.45, 2.75) is 143 Å². The molecule has 0 aliphatic carbocycles. The third-order valence-electron chi connectivity index (χ3n) is 6.54. The molecule has 0 N–H and O–H groups in total. The van der Waals surface area contributed by atoms with E-state index in [-0.39, 0.29) is 17.9 Å². The van der Waals surface area contributed by atoms with Crippen molar-refractivity contribution in [3.8, 4) is 0 Å². The third-order valence-corrected chi connectivity index (χ3v) is 6.54. The minimum Gasteiger partial charge on any atom is -0.466 e. The molecular formula is C28H54O4. The van der Waals surface area contributed by atoms with Gasteiger partial charge in [-0.15, -0.1) is 0 Å². The van der Waals surface area contributed by atoms with Gasteiger partial charge in [-0.1, -0.05) is 105 Å². The zero-order valence-corrected chi connectivity index (χ0v) is 21.9. The maximum Gasteiger partial charge on any atom is 0.309 e. The van der Waals surface area contributed by atoms with Gasteiger partial charge < -0.3 is 9.47 Å². The number of hydrogen-bond acceptors (Lipinski definition) is 4. The Balaban J connectivity index is 3.80. The van der Waals surface area contributed by atoms with Gasteiger partial charge in [0, 0.05) is 6.42 Å². The molecule has 0 amide bonds. The maximum atomic E-state index is 12.5. The second kappa shape index (κ2) is 23.1. The van der Waals surface area contributed by atoms with Gasteiger partial charge in [0.2, 0.25) is 0 Å². The van der Waals surface area contributed by atoms with Crippen LogP contribution < -0.4 is 0 Å². The van der Waals surface area contributed by atoms with Crippen molar-refractivity contribution < 1.29 is 19.1 Å². The quantitative estimate of drug-likeness (QED) is 0.115. The molecule has 0 rings (SSSR count). The summed E-state index contributed by atoms with van der Waals surface area (Å²) in [6, 6.07) is 0. The van der Waals surface area contributed by atoms with Crippen molar-refractivity contribution in [2.24, 2.45) is 11.8 Å². The fourth-order valence-corrected chi connectivity index (χ4v) is 4.36. The number of carbonyl (C=O) groups is 2. The van der Waals surface area contributed by atoms with E-state index in [4.69, 9.17) is 9.47 Å². The number of carbonyl (C=O) groups excluding carboxylic acids is 2. The zero-order valence-electron chi connectivity index (χ0n) is 21.9. The van der Waals surface area contributed by atoms with Crippen LogP contribution >= 0.6 is 0 Å². The molecule has 0 saturated heterocycles. The average Bonchev–Trinajstić information content (AvgIpc) is 2.79. The summed E-state index contributed by atoms with van der Waals surface area (Å²) >= 11 is 0. The Kier molecular flexibility index (Phi) is 22.3. The molecule has 0 aliphatic heterocycles. The molecule has 0 aromatic rings. The zero-order chi connectivity index (χ0) is 23.9. The molecule has 4 heteroatoms. The Labute approximate surface area is 199 Å². The fourth-order valence-electron chi connectivity index (χ4n) is 4.36. The number of unbranched alkanes of at least 4 members (excludes halogenated alkanes) is 11. The summed E-state index contributed by atoms with van der Waals surface area (Å²) in [5, 5.41) is 0. The van der Waals surface area contributed by atoms with E-state index in [1.165, 1.54) is 51.4 Å². The molecule has 0 radical (unpaired) electrons. The second-order valence-corrected chi connectivity index (χ2v) is 9.35. The fraction of sp³-hybridized carbons (Fsp3) is 0.929. The summed E-state index contributed by atoms with van der Waals surface area (Å²) in [5.41, 5.74) is 0. The summed E-state index contributed by atoms with van der Waals surface area (Å²) in [7, 11) is 0. The predicted molar refractivity (Wildman–Crippen MR) is 135 cm³/mol. The van der Waals surface area contributed by atoms with Crippen LogP contribution in [0.25, 0.3) is 0 Å². The molecular weight excluding hydrogens is 400 g/mol. The van der Waals surface area contributed by atoms with E-state index in [0.29, 0.717) is 25.6 Å². The molecule has 190 valence electrons. The van der Waals surface area contributed by atoms with E-state index in [0.717, 1.165) is 57.8 Å². The van der Waals surface area contributed by atoms with Crippen molar-refractivity contribution >= 4 is 11.9 Å². The molecule has 0 aromatic carbocycles.